The first kappa shape index (κ1) is 13.1. The molecule has 1 aromatic carbocycles. The minimum Gasteiger partial charge on any atom is -0.319 e. The van der Waals surface area contributed by atoms with Gasteiger partial charge in [0, 0.05) is 18.0 Å². The number of rotatable bonds is 2. The number of nitrogens with one attached hydrogen (secondary N) is 1. The van der Waals surface area contributed by atoms with Crippen molar-refractivity contribution in [2.24, 2.45) is 0 Å². The van der Waals surface area contributed by atoms with Gasteiger partial charge in [-0.15, -0.1) is 0 Å². The number of hydrogen-bond donors (Lipinski definition) is 1. The second kappa shape index (κ2) is 5.09. The lowest BCUT2D eigenvalue weighted by Gasteiger charge is -2.08. The van der Waals surface area contributed by atoms with Crippen LogP contribution in [-0.4, -0.2) is 10.9 Å². The second-order valence-electron chi connectivity index (χ2n) is 3.87. The maximum atomic E-state index is 13.4. The Bertz CT molecular complexity index is 644. The van der Waals surface area contributed by atoms with Crippen LogP contribution in [0, 0.1) is 24.4 Å². The summed E-state index contributed by atoms with van der Waals surface area (Å²) in [6, 6.07) is 3.15. The van der Waals surface area contributed by atoms with Gasteiger partial charge in [0.25, 0.3) is 5.91 Å². The summed E-state index contributed by atoms with van der Waals surface area (Å²) in [7, 11) is 0. The highest BCUT2D eigenvalue weighted by Gasteiger charge is 2.16. The standard InChI is InChI=1S/C13H9F3N2O/c1-7-6-17-5-4-8(7)13(19)18-10-3-2-9(14)11(15)12(10)16/h2-6H,1H3,(H,18,19). The molecule has 0 fully saturated rings. The van der Waals surface area contributed by atoms with Gasteiger partial charge in [-0.1, -0.05) is 0 Å². The third kappa shape index (κ3) is 2.57. The third-order valence-corrected chi connectivity index (χ3v) is 2.55. The molecule has 2 rings (SSSR count). The minimum absolute atomic E-state index is 0.277. The van der Waals surface area contributed by atoms with Crippen LogP contribution in [-0.2, 0) is 0 Å². The van der Waals surface area contributed by atoms with E-state index in [0.717, 1.165) is 12.1 Å². The van der Waals surface area contributed by atoms with Gasteiger partial charge in [0.05, 0.1) is 5.69 Å². The van der Waals surface area contributed by atoms with Gasteiger partial charge in [0.1, 0.15) is 0 Å². The third-order valence-electron chi connectivity index (χ3n) is 2.55. The minimum atomic E-state index is -1.62. The summed E-state index contributed by atoms with van der Waals surface area (Å²) in [6.45, 7) is 1.66. The molecule has 0 unspecified atom stereocenters. The van der Waals surface area contributed by atoms with E-state index in [2.05, 4.69) is 10.3 Å². The molecular weight excluding hydrogens is 257 g/mol. The maximum Gasteiger partial charge on any atom is 0.256 e. The molecule has 0 bridgehead atoms. The zero-order valence-electron chi connectivity index (χ0n) is 9.88. The predicted molar refractivity (Wildman–Crippen MR) is 63.2 cm³/mol. The molecule has 0 aliphatic heterocycles. The van der Waals surface area contributed by atoms with E-state index in [4.69, 9.17) is 0 Å². The average Bonchev–Trinajstić information content (AvgIpc) is 2.40. The summed E-state index contributed by atoms with van der Waals surface area (Å²) in [5.74, 6) is -4.98. The Morgan fingerprint density at radius 3 is 2.58 bits per heavy atom. The fourth-order valence-electron chi connectivity index (χ4n) is 1.54. The molecule has 0 radical (unpaired) electrons. The van der Waals surface area contributed by atoms with E-state index >= 15 is 0 Å². The molecule has 0 spiro atoms. The molecule has 3 nitrogen and oxygen atoms in total. The van der Waals surface area contributed by atoms with Crippen LogP contribution in [0.15, 0.2) is 30.6 Å². The number of hydrogen-bond acceptors (Lipinski definition) is 2. The average molecular weight is 266 g/mol. The number of carbonyl (C=O) groups is 1. The lowest BCUT2D eigenvalue weighted by atomic mass is 10.1. The van der Waals surface area contributed by atoms with Crippen LogP contribution in [0.2, 0.25) is 0 Å². The molecule has 2 aromatic rings. The lowest BCUT2D eigenvalue weighted by molar-refractivity contribution is 0.102. The van der Waals surface area contributed by atoms with Crippen molar-refractivity contribution in [3.05, 3.63) is 59.2 Å². The van der Waals surface area contributed by atoms with Crippen LogP contribution < -0.4 is 5.32 Å². The SMILES string of the molecule is Cc1cnccc1C(=O)Nc1ccc(F)c(F)c1F. The molecule has 0 aliphatic carbocycles. The highest BCUT2D eigenvalue weighted by atomic mass is 19.2. The van der Waals surface area contributed by atoms with Gasteiger partial charge >= 0.3 is 0 Å². The Morgan fingerprint density at radius 1 is 1.16 bits per heavy atom. The molecular formula is C13H9F3N2O. The monoisotopic (exact) mass is 266 g/mol. The van der Waals surface area contributed by atoms with Crippen molar-refractivity contribution in [2.75, 3.05) is 5.32 Å². The lowest BCUT2D eigenvalue weighted by Crippen LogP contribution is -2.15. The highest BCUT2D eigenvalue weighted by Crippen LogP contribution is 2.20. The number of carbonyl (C=O) groups excluding carboxylic acids is 1. The molecule has 1 amide bonds. The Morgan fingerprint density at radius 2 is 1.89 bits per heavy atom. The molecule has 1 aromatic heterocycles. The molecule has 0 saturated heterocycles. The van der Waals surface area contributed by atoms with E-state index in [1.165, 1.54) is 18.5 Å². The topological polar surface area (TPSA) is 42.0 Å². The molecule has 98 valence electrons. The van der Waals surface area contributed by atoms with Crippen molar-refractivity contribution >= 4 is 11.6 Å². The number of amides is 1. The second-order valence-corrected chi connectivity index (χ2v) is 3.87. The maximum absolute atomic E-state index is 13.4. The van der Waals surface area contributed by atoms with Gasteiger partial charge in [0.15, 0.2) is 17.5 Å². The van der Waals surface area contributed by atoms with E-state index in [-0.39, 0.29) is 5.56 Å². The summed E-state index contributed by atoms with van der Waals surface area (Å²) in [6.07, 6.45) is 2.88. The van der Waals surface area contributed by atoms with Crippen molar-refractivity contribution in [3.63, 3.8) is 0 Å². The van der Waals surface area contributed by atoms with Crippen LogP contribution in [0.3, 0.4) is 0 Å². The molecule has 0 aliphatic rings. The first-order chi connectivity index (χ1) is 9.00. The molecule has 6 heteroatoms. The number of nitrogens with zero attached hydrogens (tertiary/aromatic N) is 1. The van der Waals surface area contributed by atoms with Crippen molar-refractivity contribution in [3.8, 4) is 0 Å². The fourth-order valence-corrected chi connectivity index (χ4v) is 1.54. The Labute approximate surface area is 107 Å². The zero-order chi connectivity index (χ0) is 14.0. The Hall–Kier alpha value is -2.37. The number of benzene rings is 1. The first-order valence-electron chi connectivity index (χ1n) is 5.36. The summed E-state index contributed by atoms with van der Waals surface area (Å²) in [5.41, 5.74) is 0.447. The number of anilines is 1. The van der Waals surface area contributed by atoms with Crippen LogP contribution in [0.25, 0.3) is 0 Å². The summed E-state index contributed by atoms with van der Waals surface area (Å²) in [4.78, 5) is 15.7. The van der Waals surface area contributed by atoms with Gasteiger partial charge in [-0.3, -0.25) is 9.78 Å². The zero-order valence-corrected chi connectivity index (χ0v) is 9.88. The van der Waals surface area contributed by atoms with E-state index in [1.807, 2.05) is 0 Å². The fraction of sp³-hybridized carbons (Fsp3) is 0.0769. The number of aryl methyl sites for hydroxylation is 1. The van der Waals surface area contributed by atoms with Gasteiger partial charge in [-0.25, -0.2) is 13.2 Å². The number of aromatic nitrogens is 1. The van der Waals surface area contributed by atoms with Gasteiger partial charge in [0.2, 0.25) is 0 Å². The molecule has 1 heterocycles. The summed E-state index contributed by atoms with van der Waals surface area (Å²) >= 11 is 0. The highest BCUT2D eigenvalue weighted by molar-refractivity contribution is 6.05. The van der Waals surface area contributed by atoms with Gasteiger partial charge in [-0.2, -0.15) is 0 Å². The number of pyridine rings is 1. The van der Waals surface area contributed by atoms with Crippen LogP contribution in [0.5, 0.6) is 0 Å². The van der Waals surface area contributed by atoms with Gasteiger partial charge < -0.3 is 5.32 Å². The molecule has 0 saturated carbocycles. The quantitative estimate of drug-likeness (QED) is 0.849. The van der Waals surface area contributed by atoms with Crippen LogP contribution in [0.1, 0.15) is 15.9 Å². The van der Waals surface area contributed by atoms with Gasteiger partial charge in [-0.05, 0) is 30.7 Å². The smallest absolute Gasteiger partial charge is 0.256 e. The van der Waals surface area contributed by atoms with E-state index in [9.17, 15) is 18.0 Å². The molecule has 1 N–H and O–H groups in total. The van der Waals surface area contributed by atoms with Crippen molar-refractivity contribution < 1.29 is 18.0 Å². The first-order valence-corrected chi connectivity index (χ1v) is 5.36. The van der Waals surface area contributed by atoms with Crippen molar-refractivity contribution in [2.45, 2.75) is 6.92 Å². The Kier molecular flexibility index (Phi) is 3.50. The Balaban J connectivity index is 2.30. The largest absolute Gasteiger partial charge is 0.319 e. The summed E-state index contributed by atoms with van der Waals surface area (Å²) < 4.78 is 39.2. The molecule has 0 atom stereocenters. The van der Waals surface area contributed by atoms with Crippen molar-refractivity contribution in [1.29, 1.82) is 0 Å². The van der Waals surface area contributed by atoms with E-state index in [1.54, 1.807) is 6.92 Å². The van der Waals surface area contributed by atoms with Crippen LogP contribution in [0.4, 0.5) is 18.9 Å². The van der Waals surface area contributed by atoms with E-state index < -0.39 is 29.0 Å². The summed E-state index contributed by atoms with van der Waals surface area (Å²) in [5, 5.41) is 2.19. The number of halogens is 3. The van der Waals surface area contributed by atoms with Crippen molar-refractivity contribution in [1.82, 2.24) is 4.98 Å². The predicted octanol–water partition coefficient (Wildman–Crippen LogP) is 3.06. The van der Waals surface area contributed by atoms with Crippen LogP contribution >= 0.6 is 0 Å². The molecule has 19 heavy (non-hydrogen) atoms. The van der Waals surface area contributed by atoms with E-state index in [0.29, 0.717) is 5.56 Å². The normalized spacial score (nSPS) is 10.3.